The van der Waals surface area contributed by atoms with Crippen LogP contribution in [0.25, 0.3) is 0 Å². The second-order valence-electron chi connectivity index (χ2n) is 7.15. The highest BCUT2D eigenvalue weighted by Gasteiger charge is 2.17. The van der Waals surface area contributed by atoms with Crippen molar-refractivity contribution in [2.75, 3.05) is 13.1 Å². The average Bonchev–Trinajstić information content (AvgIpc) is 3.04. The summed E-state index contributed by atoms with van der Waals surface area (Å²) in [7, 11) is 0. The van der Waals surface area contributed by atoms with E-state index in [9.17, 15) is 5.11 Å². The maximum absolute atomic E-state index is 9.65. The van der Waals surface area contributed by atoms with Gasteiger partial charge in [-0.1, -0.05) is 83.6 Å². The Labute approximate surface area is 150 Å². The Morgan fingerprint density at radius 3 is 2.04 bits per heavy atom. The third kappa shape index (κ3) is 10.1. The molecule has 1 rings (SSSR count). The molecule has 1 aliphatic heterocycles. The molecule has 0 radical (unpaired) electrons. The molecule has 0 spiro atoms. The van der Waals surface area contributed by atoms with Crippen molar-refractivity contribution in [1.82, 2.24) is 4.90 Å². The van der Waals surface area contributed by atoms with E-state index < -0.39 is 6.23 Å². The van der Waals surface area contributed by atoms with Gasteiger partial charge in [0.25, 0.3) is 0 Å². The van der Waals surface area contributed by atoms with Crippen molar-refractivity contribution in [3.63, 3.8) is 0 Å². The van der Waals surface area contributed by atoms with Crippen molar-refractivity contribution >= 4 is 5.84 Å². The van der Waals surface area contributed by atoms with Crippen LogP contribution in [0.15, 0.2) is 17.1 Å². The zero-order valence-corrected chi connectivity index (χ0v) is 16.2. The number of rotatable bonds is 15. The van der Waals surface area contributed by atoms with Crippen LogP contribution in [0.5, 0.6) is 0 Å². The van der Waals surface area contributed by atoms with Gasteiger partial charge in [-0.05, 0) is 25.8 Å². The molecule has 1 N–H and O–H groups in total. The Hall–Kier alpha value is -0.830. The van der Waals surface area contributed by atoms with Crippen LogP contribution in [-0.4, -0.2) is 35.2 Å². The molecule has 0 aromatic rings. The minimum atomic E-state index is -0.428. The standard InChI is InChI=1S/C21H40N2O/c1-3-4-5-6-7-8-9-10-11-12-13-14-15-16-17-21-22-18-19-23(21)20(2)24/h16-17,20,24H,3-15,18-19H2,1-2H3. The van der Waals surface area contributed by atoms with Crippen LogP contribution in [0.2, 0.25) is 0 Å². The summed E-state index contributed by atoms with van der Waals surface area (Å²) in [5.41, 5.74) is 0. The van der Waals surface area contributed by atoms with Gasteiger partial charge in [-0.15, -0.1) is 0 Å². The van der Waals surface area contributed by atoms with Crippen LogP contribution in [0.4, 0.5) is 0 Å². The van der Waals surface area contributed by atoms with E-state index in [2.05, 4.69) is 24.1 Å². The minimum Gasteiger partial charge on any atom is -0.374 e. The average molecular weight is 337 g/mol. The van der Waals surface area contributed by atoms with Crippen LogP contribution in [0, 0.1) is 0 Å². The van der Waals surface area contributed by atoms with Crippen molar-refractivity contribution in [2.24, 2.45) is 4.99 Å². The topological polar surface area (TPSA) is 35.8 Å². The SMILES string of the molecule is CCCCCCCCCCCCCCC=CC1=NCCN1C(C)O. The van der Waals surface area contributed by atoms with Gasteiger partial charge in [0, 0.05) is 6.54 Å². The Bertz CT molecular complexity index is 350. The van der Waals surface area contributed by atoms with E-state index in [0.29, 0.717) is 0 Å². The van der Waals surface area contributed by atoms with Gasteiger partial charge in [-0.25, -0.2) is 0 Å². The first-order chi connectivity index (χ1) is 11.8. The number of nitrogens with zero attached hydrogens (tertiary/aromatic N) is 2. The lowest BCUT2D eigenvalue weighted by Gasteiger charge is -2.21. The molecular weight excluding hydrogens is 296 g/mol. The molecule has 0 fully saturated rings. The second kappa shape index (κ2) is 14.5. The number of aliphatic hydroxyl groups is 1. The summed E-state index contributed by atoms with van der Waals surface area (Å²) in [6.07, 6.45) is 21.8. The fraction of sp³-hybridized carbons (Fsp3) is 0.857. The quantitative estimate of drug-likeness (QED) is 0.390. The molecule has 3 nitrogen and oxygen atoms in total. The molecule has 140 valence electrons. The summed E-state index contributed by atoms with van der Waals surface area (Å²) in [4.78, 5) is 6.39. The number of aliphatic hydroxyl groups excluding tert-OH is 1. The summed E-state index contributed by atoms with van der Waals surface area (Å²) in [6, 6.07) is 0. The largest absolute Gasteiger partial charge is 0.374 e. The third-order valence-electron chi connectivity index (χ3n) is 4.85. The number of aliphatic imine (C=N–C) groups is 1. The summed E-state index contributed by atoms with van der Waals surface area (Å²) in [5, 5.41) is 9.65. The second-order valence-corrected chi connectivity index (χ2v) is 7.15. The van der Waals surface area contributed by atoms with Crippen LogP contribution >= 0.6 is 0 Å². The number of hydrogen-bond donors (Lipinski definition) is 1. The van der Waals surface area contributed by atoms with E-state index in [1.165, 1.54) is 77.0 Å². The monoisotopic (exact) mass is 336 g/mol. The smallest absolute Gasteiger partial charge is 0.125 e. The molecule has 1 aliphatic rings. The zero-order chi connectivity index (χ0) is 17.5. The van der Waals surface area contributed by atoms with Crippen LogP contribution in [0.3, 0.4) is 0 Å². The first-order valence-electron chi connectivity index (χ1n) is 10.4. The molecule has 0 saturated heterocycles. The summed E-state index contributed by atoms with van der Waals surface area (Å²) >= 11 is 0. The molecule has 0 aliphatic carbocycles. The van der Waals surface area contributed by atoms with Crippen molar-refractivity contribution in [3.8, 4) is 0 Å². The van der Waals surface area contributed by atoms with E-state index in [4.69, 9.17) is 0 Å². The van der Waals surface area contributed by atoms with Gasteiger partial charge in [-0.2, -0.15) is 0 Å². The highest BCUT2D eigenvalue weighted by Crippen LogP contribution is 2.13. The molecular formula is C21H40N2O. The highest BCUT2D eigenvalue weighted by atomic mass is 16.3. The molecule has 0 saturated carbocycles. The number of hydrogen-bond acceptors (Lipinski definition) is 3. The minimum absolute atomic E-state index is 0.428. The lowest BCUT2D eigenvalue weighted by Crippen LogP contribution is -2.34. The van der Waals surface area contributed by atoms with E-state index in [0.717, 1.165) is 25.3 Å². The lowest BCUT2D eigenvalue weighted by molar-refractivity contribution is 0.0788. The molecule has 1 unspecified atom stereocenters. The Kier molecular flexibility index (Phi) is 12.8. The number of allylic oxidation sites excluding steroid dienone is 1. The highest BCUT2D eigenvalue weighted by molar-refractivity contribution is 5.94. The zero-order valence-electron chi connectivity index (χ0n) is 16.2. The van der Waals surface area contributed by atoms with Crippen LogP contribution in [-0.2, 0) is 0 Å². The summed E-state index contributed by atoms with van der Waals surface area (Å²) < 4.78 is 0. The van der Waals surface area contributed by atoms with Gasteiger partial charge in [0.1, 0.15) is 12.1 Å². The molecule has 24 heavy (non-hydrogen) atoms. The third-order valence-corrected chi connectivity index (χ3v) is 4.85. The van der Waals surface area contributed by atoms with Crippen molar-refractivity contribution in [3.05, 3.63) is 12.2 Å². The molecule has 1 heterocycles. The molecule has 1 atom stereocenters. The van der Waals surface area contributed by atoms with Gasteiger partial charge in [0.15, 0.2) is 0 Å². The van der Waals surface area contributed by atoms with Gasteiger partial charge in [0.2, 0.25) is 0 Å². The summed E-state index contributed by atoms with van der Waals surface area (Å²) in [6.45, 7) is 5.74. The predicted molar refractivity (Wildman–Crippen MR) is 106 cm³/mol. The molecule has 3 heteroatoms. The molecule has 0 aromatic carbocycles. The van der Waals surface area contributed by atoms with E-state index in [-0.39, 0.29) is 0 Å². The van der Waals surface area contributed by atoms with Crippen molar-refractivity contribution < 1.29 is 5.11 Å². The number of unbranched alkanes of at least 4 members (excludes halogenated alkanes) is 12. The summed E-state index contributed by atoms with van der Waals surface area (Å²) in [5.74, 6) is 0.948. The molecule has 0 bridgehead atoms. The fourth-order valence-corrected chi connectivity index (χ4v) is 3.30. The van der Waals surface area contributed by atoms with E-state index in [1.807, 2.05) is 4.90 Å². The predicted octanol–water partition coefficient (Wildman–Crippen LogP) is 5.69. The molecule has 0 aromatic heterocycles. The van der Waals surface area contributed by atoms with Crippen molar-refractivity contribution in [1.29, 1.82) is 0 Å². The van der Waals surface area contributed by atoms with Crippen molar-refractivity contribution in [2.45, 2.75) is 104 Å². The normalized spacial score (nSPS) is 16.1. The van der Waals surface area contributed by atoms with Gasteiger partial charge >= 0.3 is 0 Å². The Balaban J connectivity index is 1.86. The van der Waals surface area contributed by atoms with Crippen LogP contribution in [0.1, 0.15) is 97.3 Å². The van der Waals surface area contributed by atoms with E-state index >= 15 is 0 Å². The van der Waals surface area contributed by atoms with Gasteiger partial charge in [-0.3, -0.25) is 4.99 Å². The van der Waals surface area contributed by atoms with Gasteiger partial charge in [0.05, 0.1) is 6.54 Å². The molecule has 0 amide bonds. The Morgan fingerprint density at radius 2 is 1.50 bits per heavy atom. The van der Waals surface area contributed by atoms with E-state index in [1.54, 1.807) is 6.92 Å². The lowest BCUT2D eigenvalue weighted by atomic mass is 10.0. The first-order valence-corrected chi connectivity index (χ1v) is 10.4. The number of amidine groups is 1. The first kappa shape index (κ1) is 21.2. The van der Waals surface area contributed by atoms with Gasteiger partial charge < -0.3 is 10.0 Å². The Morgan fingerprint density at radius 1 is 0.958 bits per heavy atom. The maximum atomic E-state index is 9.65. The maximum Gasteiger partial charge on any atom is 0.125 e. The van der Waals surface area contributed by atoms with Crippen LogP contribution < -0.4 is 0 Å². The fourth-order valence-electron chi connectivity index (χ4n) is 3.30.